The summed E-state index contributed by atoms with van der Waals surface area (Å²) in [4.78, 5) is 22.8. The number of nitrogens with one attached hydrogen (secondary N) is 1. The second-order valence-corrected chi connectivity index (χ2v) is 5.67. The van der Waals surface area contributed by atoms with E-state index in [1.165, 1.54) is 38.2 Å². The molecule has 0 bridgehead atoms. The number of unbranched alkanes of at least 4 members (excludes halogenated alkanes) is 6. The second-order valence-electron chi connectivity index (χ2n) is 5.67. The van der Waals surface area contributed by atoms with E-state index >= 15 is 0 Å². The van der Waals surface area contributed by atoms with Gasteiger partial charge in [-0.25, -0.2) is 4.79 Å². The van der Waals surface area contributed by atoms with E-state index < -0.39 is 6.04 Å². The molecule has 1 aliphatic heterocycles. The molecule has 0 unspecified atom stereocenters. The maximum atomic E-state index is 11.6. The van der Waals surface area contributed by atoms with Crippen molar-refractivity contribution in [1.29, 1.82) is 0 Å². The summed E-state index contributed by atoms with van der Waals surface area (Å²) >= 11 is 0. The molecule has 0 aromatic rings. The van der Waals surface area contributed by atoms with Gasteiger partial charge in [-0.2, -0.15) is 0 Å². The first-order valence-electron chi connectivity index (χ1n) is 8.52. The molecule has 0 saturated carbocycles. The summed E-state index contributed by atoms with van der Waals surface area (Å²) in [5.41, 5.74) is 0. The van der Waals surface area contributed by atoms with Gasteiger partial charge in [0.1, 0.15) is 6.04 Å². The number of cyclic esters (lactones) is 1. The zero-order valence-electron chi connectivity index (χ0n) is 13.7. The highest BCUT2D eigenvalue weighted by Gasteiger charge is 2.26. The van der Waals surface area contributed by atoms with Crippen molar-refractivity contribution in [3.8, 4) is 0 Å². The number of amides is 1. The summed E-state index contributed by atoms with van der Waals surface area (Å²) in [5, 5.41) is 2.65. The average Bonchev–Trinajstić information content (AvgIpc) is 2.90. The molecule has 0 aromatic carbocycles. The van der Waals surface area contributed by atoms with E-state index in [0.717, 1.165) is 19.3 Å². The Labute approximate surface area is 134 Å². The van der Waals surface area contributed by atoms with Crippen LogP contribution in [0.5, 0.6) is 0 Å². The normalized spacial score (nSPS) is 18.2. The lowest BCUT2D eigenvalue weighted by Gasteiger charge is -2.05. The standard InChI is InChI=1S/C18H29NO3/c1-2-3-4-5-6-7-8-9-10-11-12-13-17(20)19-16-14-15-22-18(16)21/h7-8,12-13,16H,2-6,9-11,14-15H2,1H3,(H,19,20)/t16-/m0/s1. The van der Waals surface area contributed by atoms with Crippen molar-refractivity contribution in [3.05, 3.63) is 24.3 Å². The van der Waals surface area contributed by atoms with Crippen LogP contribution in [0.1, 0.15) is 64.7 Å². The Morgan fingerprint density at radius 1 is 1.14 bits per heavy atom. The van der Waals surface area contributed by atoms with Crippen LogP contribution >= 0.6 is 0 Å². The number of esters is 1. The third-order valence-electron chi connectivity index (χ3n) is 3.65. The molecule has 1 aliphatic rings. The van der Waals surface area contributed by atoms with Gasteiger partial charge in [0.25, 0.3) is 0 Å². The number of allylic oxidation sites excluding steroid dienone is 3. The molecule has 1 rings (SSSR count). The zero-order valence-corrected chi connectivity index (χ0v) is 13.7. The van der Waals surface area contributed by atoms with Crippen LogP contribution in [0.15, 0.2) is 24.3 Å². The largest absolute Gasteiger partial charge is 0.464 e. The van der Waals surface area contributed by atoms with E-state index in [9.17, 15) is 9.59 Å². The minimum absolute atomic E-state index is 0.213. The highest BCUT2D eigenvalue weighted by atomic mass is 16.5. The highest BCUT2D eigenvalue weighted by Crippen LogP contribution is 2.06. The Bertz CT molecular complexity index is 388. The number of hydrogen-bond donors (Lipinski definition) is 1. The molecule has 1 atom stereocenters. The van der Waals surface area contributed by atoms with Gasteiger partial charge in [-0.3, -0.25) is 4.79 Å². The Hall–Kier alpha value is -1.58. The lowest BCUT2D eigenvalue weighted by Crippen LogP contribution is -2.36. The molecule has 1 amide bonds. The SMILES string of the molecule is CCCCCCC=CCCCC=CC(=O)N[C@H]1CCOC1=O. The molecule has 124 valence electrons. The van der Waals surface area contributed by atoms with Crippen LogP contribution < -0.4 is 5.32 Å². The van der Waals surface area contributed by atoms with Gasteiger partial charge < -0.3 is 10.1 Å². The lowest BCUT2D eigenvalue weighted by atomic mass is 10.1. The van der Waals surface area contributed by atoms with Crippen molar-refractivity contribution >= 4 is 11.9 Å². The van der Waals surface area contributed by atoms with Crippen LogP contribution in [-0.4, -0.2) is 24.5 Å². The number of hydrogen-bond acceptors (Lipinski definition) is 3. The first kappa shape index (κ1) is 18.5. The predicted molar refractivity (Wildman–Crippen MR) is 88.4 cm³/mol. The average molecular weight is 307 g/mol. The third-order valence-corrected chi connectivity index (χ3v) is 3.65. The summed E-state index contributed by atoms with van der Waals surface area (Å²) in [5.74, 6) is -0.541. The van der Waals surface area contributed by atoms with Gasteiger partial charge in [-0.15, -0.1) is 0 Å². The minimum Gasteiger partial charge on any atom is -0.464 e. The molecule has 0 radical (unpaired) electrons. The summed E-state index contributed by atoms with van der Waals surface area (Å²) in [6, 6.07) is -0.465. The van der Waals surface area contributed by atoms with E-state index in [4.69, 9.17) is 4.74 Å². The fourth-order valence-corrected chi connectivity index (χ4v) is 2.32. The molecule has 4 heteroatoms. The van der Waals surface area contributed by atoms with E-state index in [-0.39, 0.29) is 11.9 Å². The van der Waals surface area contributed by atoms with E-state index in [1.54, 1.807) is 0 Å². The number of ether oxygens (including phenoxy) is 1. The van der Waals surface area contributed by atoms with E-state index in [0.29, 0.717) is 13.0 Å². The van der Waals surface area contributed by atoms with Crippen LogP contribution in [0, 0.1) is 0 Å². The van der Waals surface area contributed by atoms with Crippen LogP contribution in [0.2, 0.25) is 0 Å². The third kappa shape index (κ3) is 8.65. The minimum atomic E-state index is -0.465. The fraction of sp³-hybridized carbons (Fsp3) is 0.667. The molecule has 22 heavy (non-hydrogen) atoms. The number of carbonyl (C=O) groups is 2. The maximum absolute atomic E-state index is 11.6. The molecule has 0 aliphatic carbocycles. The monoisotopic (exact) mass is 307 g/mol. The quantitative estimate of drug-likeness (QED) is 0.274. The van der Waals surface area contributed by atoms with Crippen LogP contribution in [0.25, 0.3) is 0 Å². The van der Waals surface area contributed by atoms with Crippen molar-refractivity contribution in [3.63, 3.8) is 0 Å². The molecular formula is C18H29NO3. The van der Waals surface area contributed by atoms with Gasteiger partial charge >= 0.3 is 5.97 Å². The second kappa shape index (κ2) is 12.0. The smallest absolute Gasteiger partial charge is 0.328 e. The van der Waals surface area contributed by atoms with Crippen LogP contribution in [-0.2, 0) is 14.3 Å². The number of rotatable bonds is 11. The van der Waals surface area contributed by atoms with Gasteiger partial charge in [0, 0.05) is 6.42 Å². The molecule has 0 aromatic heterocycles. The van der Waals surface area contributed by atoms with Gasteiger partial charge in [-0.1, -0.05) is 44.4 Å². The topological polar surface area (TPSA) is 55.4 Å². The van der Waals surface area contributed by atoms with Gasteiger partial charge in [0.2, 0.25) is 5.91 Å². The zero-order chi connectivity index (χ0) is 16.0. The lowest BCUT2D eigenvalue weighted by molar-refractivity contribution is -0.140. The first-order chi connectivity index (χ1) is 10.7. The van der Waals surface area contributed by atoms with Crippen molar-refractivity contribution < 1.29 is 14.3 Å². The molecule has 1 N–H and O–H groups in total. The fourth-order valence-electron chi connectivity index (χ4n) is 2.32. The Morgan fingerprint density at radius 2 is 1.86 bits per heavy atom. The summed E-state index contributed by atoms with van der Waals surface area (Å²) in [6.45, 7) is 2.63. The van der Waals surface area contributed by atoms with Gasteiger partial charge in [-0.05, 0) is 38.2 Å². The Kier molecular flexibility index (Phi) is 10.1. The number of carbonyl (C=O) groups excluding carboxylic acids is 2. The molecule has 0 spiro atoms. The Morgan fingerprint density at radius 3 is 2.55 bits per heavy atom. The predicted octanol–water partition coefficient (Wildman–Crippen LogP) is 3.67. The van der Waals surface area contributed by atoms with Crippen molar-refractivity contribution in [2.24, 2.45) is 0 Å². The Balaban J connectivity index is 1.98. The highest BCUT2D eigenvalue weighted by molar-refractivity contribution is 5.91. The molecule has 1 saturated heterocycles. The first-order valence-corrected chi connectivity index (χ1v) is 8.52. The molecule has 1 heterocycles. The van der Waals surface area contributed by atoms with Crippen molar-refractivity contribution in [1.82, 2.24) is 5.32 Å². The van der Waals surface area contributed by atoms with Crippen LogP contribution in [0.4, 0.5) is 0 Å². The van der Waals surface area contributed by atoms with Gasteiger partial charge in [0.15, 0.2) is 0 Å². The van der Waals surface area contributed by atoms with E-state index in [1.807, 2.05) is 6.08 Å². The van der Waals surface area contributed by atoms with E-state index in [2.05, 4.69) is 24.4 Å². The van der Waals surface area contributed by atoms with Gasteiger partial charge in [0.05, 0.1) is 6.61 Å². The van der Waals surface area contributed by atoms with Crippen LogP contribution in [0.3, 0.4) is 0 Å². The maximum Gasteiger partial charge on any atom is 0.328 e. The summed E-state index contributed by atoms with van der Waals surface area (Å²) in [7, 11) is 0. The summed E-state index contributed by atoms with van der Waals surface area (Å²) < 4.78 is 4.79. The van der Waals surface area contributed by atoms with Crippen molar-refractivity contribution in [2.45, 2.75) is 70.8 Å². The molecule has 4 nitrogen and oxygen atoms in total. The van der Waals surface area contributed by atoms with Crippen molar-refractivity contribution in [2.75, 3.05) is 6.61 Å². The summed E-state index contributed by atoms with van der Waals surface area (Å²) in [6.07, 6.45) is 17.8. The molecular weight excluding hydrogens is 278 g/mol. The molecule has 1 fully saturated rings.